The Labute approximate surface area is 104 Å². The molecule has 3 saturated carbocycles. The monoisotopic (exact) mass is 236 g/mol. The molecule has 2 nitrogen and oxygen atoms in total. The van der Waals surface area contributed by atoms with Crippen LogP contribution >= 0.6 is 0 Å². The highest BCUT2D eigenvalue weighted by Gasteiger charge is 2.69. The number of hydrogen-bond donors (Lipinski definition) is 2. The third-order valence-corrected chi connectivity index (χ3v) is 6.09. The van der Waals surface area contributed by atoms with Crippen LogP contribution in [0.5, 0.6) is 0 Å². The first-order chi connectivity index (χ1) is 7.78. The molecule has 3 fully saturated rings. The van der Waals surface area contributed by atoms with E-state index in [0.29, 0.717) is 29.6 Å². The summed E-state index contributed by atoms with van der Waals surface area (Å²) in [6, 6.07) is 0. The molecule has 0 bridgehead atoms. The Morgan fingerprint density at radius 2 is 1.88 bits per heavy atom. The van der Waals surface area contributed by atoms with Crippen LogP contribution in [0.25, 0.3) is 0 Å². The van der Waals surface area contributed by atoms with E-state index in [1.165, 1.54) is 12.0 Å². The molecule has 0 saturated heterocycles. The van der Waals surface area contributed by atoms with Gasteiger partial charge in [-0.1, -0.05) is 26.0 Å². The summed E-state index contributed by atoms with van der Waals surface area (Å²) in [5.41, 5.74) is 0.682. The van der Waals surface area contributed by atoms with Crippen molar-refractivity contribution in [3.05, 3.63) is 12.2 Å². The normalized spacial score (nSPS) is 56.1. The zero-order valence-electron chi connectivity index (χ0n) is 11.1. The van der Waals surface area contributed by atoms with E-state index in [4.69, 9.17) is 0 Å². The topological polar surface area (TPSA) is 40.5 Å². The molecular formula is C15H24O2. The van der Waals surface area contributed by atoms with E-state index in [1.807, 2.05) is 6.92 Å². The molecule has 3 aliphatic rings. The highest BCUT2D eigenvalue weighted by molar-refractivity contribution is 5.24. The molecule has 6 atom stereocenters. The van der Waals surface area contributed by atoms with Gasteiger partial charge in [0.25, 0.3) is 0 Å². The zero-order chi connectivity index (χ0) is 12.6. The van der Waals surface area contributed by atoms with Gasteiger partial charge in [0.15, 0.2) is 0 Å². The van der Waals surface area contributed by atoms with Crippen LogP contribution in [0, 0.1) is 29.1 Å². The van der Waals surface area contributed by atoms with E-state index >= 15 is 0 Å². The van der Waals surface area contributed by atoms with Crippen LogP contribution in [-0.4, -0.2) is 21.9 Å². The molecule has 3 rings (SSSR count). The minimum absolute atomic E-state index is 0.215. The molecule has 3 aliphatic carbocycles. The van der Waals surface area contributed by atoms with E-state index in [9.17, 15) is 10.2 Å². The minimum Gasteiger partial charge on any atom is -0.390 e. The third-order valence-electron chi connectivity index (χ3n) is 6.09. The van der Waals surface area contributed by atoms with Crippen molar-refractivity contribution in [1.82, 2.24) is 0 Å². The molecule has 0 radical (unpaired) electrons. The highest BCUT2D eigenvalue weighted by Crippen LogP contribution is 2.71. The Bertz CT molecular complexity index is 369. The smallest absolute Gasteiger partial charge is 0.0914 e. The van der Waals surface area contributed by atoms with Gasteiger partial charge in [0.05, 0.1) is 11.7 Å². The van der Waals surface area contributed by atoms with E-state index in [0.717, 1.165) is 6.42 Å². The lowest BCUT2D eigenvalue weighted by Crippen LogP contribution is -2.42. The van der Waals surface area contributed by atoms with Crippen LogP contribution in [0.2, 0.25) is 0 Å². The fourth-order valence-corrected chi connectivity index (χ4v) is 4.87. The molecule has 2 heteroatoms. The van der Waals surface area contributed by atoms with Crippen molar-refractivity contribution in [3.63, 3.8) is 0 Å². The summed E-state index contributed by atoms with van der Waals surface area (Å²) in [7, 11) is 0. The second kappa shape index (κ2) is 3.16. The molecular weight excluding hydrogens is 212 g/mol. The van der Waals surface area contributed by atoms with Crippen molar-refractivity contribution in [2.24, 2.45) is 29.1 Å². The molecule has 0 spiro atoms. The summed E-state index contributed by atoms with van der Waals surface area (Å²) >= 11 is 0. The standard InChI is InChI=1S/C15H24O2/c1-8-5-6-10-13(14(10,2)3)12-9(8)7-11(16)15(12,4)17/h9-13,16-17H,1,5-7H2,2-4H3/t9-,10+,11-,12+,13+,15-/m1/s1. The molecule has 0 heterocycles. The summed E-state index contributed by atoms with van der Waals surface area (Å²) in [5.74, 6) is 1.83. The van der Waals surface area contributed by atoms with E-state index < -0.39 is 11.7 Å². The Hall–Kier alpha value is -0.340. The lowest BCUT2D eigenvalue weighted by molar-refractivity contribution is -0.0764. The van der Waals surface area contributed by atoms with Gasteiger partial charge >= 0.3 is 0 Å². The maximum Gasteiger partial charge on any atom is 0.0914 e. The van der Waals surface area contributed by atoms with Crippen molar-refractivity contribution in [2.45, 2.75) is 51.7 Å². The third kappa shape index (κ3) is 1.34. The predicted molar refractivity (Wildman–Crippen MR) is 67.4 cm³/mol. The summed E-state index contributed by atoms with van der Waals surface area (Å²) in [4.78, 5) is 0. The average Bonchev–Trinajstić information content (AvgIpc) is 2.71. The molecule has 2 N–H and O–H groups in total. The molecule has 0 unspecified atom stereocenters. The second-order valence-corrected chi connectivity index (χ2v) is 7.26. The molecule has 0 aromatic rings. The zero-order valence-corrected chi connectivity index (χ0v) is 11.1. The van der Waals surface area contributed by atoms with Crippen LogP contribution in [-0.2, 0) is 0 Å². The largest absolute Gasteiger partial charge is 0.390 e. The van der Waals surface area contributed by atoms with E-state index in [2.05, 4.69) is 20.4 Å². The predicted octanol–water partition coefficient (Wildman–Crippen LogP) is 2.36. The van der Waals surface area contributed by atoms with Crippen LogP contribution < -0.4 is 0 Å². The van der Waals surface area contributed by atoms with Gasteiger partial charge in [-0.05, 0) is 49.4 Å². The Morgan fingerprint density at radius 3 is 2.53 bits per heavy atom. The highest BCUT2D eigenvalue weighted by atomic mass is 16.3. The van der Waals surface area contributed by atoms with Gasteiger partial charge in [-0.3, -0.25) is 0 Å². The molecule has 0 aliphatic heterocycles. The first-order valence-electron chi connectivity index (χ1n) is 6.86. The van der Waals surface area contributed by atoms with Gasteiger partial charge in [0.2, 0.25) is 0 Å². The number of aliphatic hydroxyl groups excluding tert-OH is 1. The number of rotatable bonds is 0. The van der Waals surface area contributed by atoms with Gasteiger partial charge in [-0.25, -0.2) is 0 Å². The van der Waals surface area contributed by atoms with Gasteiger partial charge < -0.3 is 10.2 Å². The maximum absolute atomic E-state index is 10.6. The van der Waals surface area contributed by atoms with Crippen LogP contribution in [0.15, 0.2) is 12.2 Å². The Kier molecular flexibility index (Phi) is 2.18. The first kappa shape index (κ1) is 11.7. The quantitative estimate of drug-likeness (QED) is 0.634. The minimum atomic E-state index is -0.922. The SMILES string of the molecule is C=C1CC[C@H]2[C@@H]([C@@H]3[C@@H]1C[C@@H](O)[C@@]3(C)O)C2(C)C. The molecule has 0 amide bonds. The molecule has 0 aromatic carbocycles. The number of allylic oxidation sites excluding steroid dienone is 1. The number of hydrogen-bond acceptors (Lipinski definition) is 2. The molecule has 96 valence electrons. The van der Waals surface area contributed by atoms with E-state index in [1.54, 1.807) is 0 Å². The maximum atomic E-state index is 10.6. The number of fused-ring (bicyclic) bond motifs is 3. The first-order valence-corrected chi connectivity index (χ1v) is 6.86. The van der Waals surface area contributed by atoms with Crippen LogP contribution in [0.4, 0.5) is 0 Å². The van der Waals surface area contributed by atoms with Crippen molar-refractivity contribution in [3.8, 4) is 0 Å². The van der Waals surface area contributed by atoms with Crippen molar-refractivity contribution in [1.29, 1.82) is 0 Å². The molecule has 0 aromatic heterocycles. The lowest BCUT2D eigenvalue weighted by Gasteiger charge is -2.32. The summed E-state index contributed by atoms with van der Waals surface area (Å²) in [6.45, 7) is 10.7. The second-order valence-electron chi connectivity index (χ2n) is 7.26. The van der Waals surface area contributed by atoms with E-state index in [-0.39, 0.29) is 5.92 Å². The van der Waals surface area contributed by atoms with Crippen molar-refractivity contribution >= 4 is 0 Å². The summed E-state index contributed by atoms with van der Waals surface area (Å²) < 4.78 is 0. The lowest BCUT2D eigenvalue weighted by atomic mass is 9.77. The Balaban J connectivity index is 2.00. The fraction of sp³-hybridized carbons (Fsp3) is 0.867. The average molecular weight is 236 g/mol. The summed E-state index contributed by atoms with van der Waals surface area (Å²) in [5, 5.41) is 20.8. The van der Waals surface area contributed by atoms with Gasteiger partial charge in [-0.2, -0.15) is 0 Å². The Morgan fingerprint density at radius 1 is 1.24 bits per heavy atom. The van der Waals surface area contributed by atoms with Gasteiger partial charge in [0.1, 0.15) is 0 Å². The van der Waals surface area contributed by atoms with Crippen LogP contribution in [0.3, 0.4) is 0 Å². The van der Waals surface area contributed by atoms with Gasteiger partial charge in [0, 0.05) is 5.92 Å². The fourth-order valence-electron chi connectivity index (χ4n) is 4.87. The van der Waals surface area contributed by atoms with Crippen molar-refractivity contribution in [2.75, 3.05) is 0 Å². The van der Waals surface area contributed by atoms with Crippen molar-refractivity contribution < 1.29 is 10.2 Å². The molecule has 17 heavy (non-hydrogen) atoms. The summed E-state index contributed by atoms with van der Waals surface area (Å²) in [6.07, 6.45) is 2.42. The van der Waals surface area contributed by atoms with Gasteiger partial charge in [-0.15, -0.1) is 0 Å². The number of aliphatic hydroxyl groups is 2. The van der Waals surface area contributed by atoms with Crippen LogP contribution in [0.1, 0.15) is 40.0 Å².